The second kappa shape index (κ2) is 5.77. The molecule has 1 aliphatic carbocycles. The van der Waals surface area contributed by atoms with Crippen molar-refractivity contribution >= 4 is 5.78 Å². The van der Waals surface area contributed by atoms with Crippen molar-refractivity contribution in [2.45, 2.75) is 31.6 Å². The average Bonchev–Trinajstić information content (AvgIpc) is 2.45. The number of Topliss-reactive ketones (excluding diaryl/α,β-unsaturated/α-hetero) is 1. The standard InChI is InChI=1S/C15H18F2O3/c1-19-11-3-4-13(20-2)12(9-11)14(18)10-5-7-15(16,17)8-6-10/h3-4,9-10H,5-8H2,1-2H3. The van der Waals surface area contributed by atoms with E-state index in [1.807, 2.05) is 0 Å². The zero-order chi connectivity index (χ0) is 14.8. The van der Waals surface area contributed by atoms with E-state index in [-0.39, 0.29) is 37.4 Å². The number of carbonyl (C=O) groups is 1. The van der Waals surface area contributed by atoms with E-state index in [9.17, 15) is 13.6 Å². The molecule has 0 spiro atoms. The quantitative estimate of drug-likeness (QED) is 0.791. The maximum atomic E-state index is 13.2. The van der Waals surface area contributed by atoms with Gasteiger partial charge in [-0.25, -0.2) is 8.78 Å². The molecule has 1 aliphatic rings. The van der Waals surface area contributed by atoms with E-state index >= 15 is 0 Å². The summed E-state index contributed by atoms with van der Waals surface area (Å²) >= 11 is 0. The predicted molar refractivity (Wildman–Crippen MR) is 70.8 cm³/mol. The maximum absolute atomic E-state index is 13.2. The van der Waals surface area contributed by atoms with Gasteiger partial charge in [0.1, 0.15) is 11.5 Å². The van der Waals surface area contributed by atoms with Crippen molar-refractivity contribution in [1.82, 2.24) is 0 Å². The maximum Gasteiger partial charge on any atom is 0.248 e. The van der Waals surface area contributed by atoms with Crippen molar-refractivity contribution in [2.75, 3.05) is 14.2 Å². The van der Waals surface area contributed by atoms with E-state index in [0.29, 0.717) is 17.1 Å². The van der Waals surface area contributed by atoms with Crippen LogP contribution >= 0.6 is 0 Å². The number of carbonyl (C=O) groups excluding carboxylic acids is 1. The number of rotatable bonds is 4. The molecule has 0 unspecified atom stereocenters. The number of ketones is 1. The third-order valence-corrected chi connectivity index (χ3v) is 3.76. The van der Waals surface area contributed by atoms with Crippen LogP contribution in [0.5, 0.6) is 11.5 Å². The lowest BCUT2D eigenvalue weighted by Gasteiger charge is -2.27. The largest absolute Gasteiger partial charge is 0.497 e. The van der Waals surface area contributed by atoms with Crippen LogP contribution in [-0.4, -0.2) is 25.9 Å². The monoisotopic (exact) mass is 284 g/mol. The van der Waals surface area contributed by atoms with E-state index in [1.165, 1.54) is 14.2 Å². The molecule has 3 nitrogen and oxygen atoms in total. The number of alkyl halides is 2. The molecule has 0 amide bonds. The smallest absolute Gasteiger partial charge is 0.248 e. The molecular weight excluding hydrogens is 266 g/mol. The average molecular weight is 284 g/mol. The molecule has 110 valence electrons. The fourth-order valence-electron chi connectivity index (χ4n) is 2.53. The molecule has 0 bridgehead atoms. The van der Waals surface area contributed by atoms with Gasteiger partial charge in [0.05, 0.1) is 19.8 Å². The SMILES string of the molecule is COc1ccc(OC)c(C(=O)C2CCC(F)(F)CC2)c1. The number of hydrogen-bond donors (Lipinski definition) is 0. The normalized spacial score (nSPS) is 18.6. The lowest BCUT2D eigenvalue weighted by molar-refractivity contribution is -0.0424. The molecule has 2 rings (SSSR count). The fourth-order valence-corrected chi connectivity index (χ4v) is 2.53. The number of ether oxygens (including phenoxy) is 2. The molecule has 0 saturated heterocycles. The van der Waals surface area contributed by atoms with Crippen LogP contribution in [0.4, 0.5) is 8.78 Å². The minimum Gasteiger partial charge on any atom is -0.497 e. The highest BCUT2D eigenvalue weighted by Crippen LogP contribution is 2.38. The van der Waals surface area contributed by atoms with Crippen molar-refractivity contribution in [3.8, 4) is 11.5 Å². The van der Waals surface area contributed by atoms with Gasteiger partial charge >= 0.3 is 0 Å². The van der Waals surface area contributed by atoms with Crippen LogP contribution < -0.4 is 9.47 Å². The first-order chi connectivity index (χ1) is 9.46. The topological polar surface area (TPSA) is 35.5 Å². The first kappa shape index (κ1) is 14.8. The second-order valence-corrected chi connectivity index (χ2v) is 5.06. The van der Waals surface area contributed by atoms with Gasteiger partial charge in [-0.15, -0.1) is 0 Å². The van der Waals surface area contributed by atoms with E-state index in [1.54, 1.807) is 18.2 Å². The summed E-state index contributed by atoms with van der Waals surface area (Å²) in [6.07, 6.45) is -0.0240. The van der Waals surface area contributed by atoms with Gasteiger partial charge in [0, 0.05) is 18.8 Å². The summed E-state index contributed by atoms with van der Waals surface area (Å²) in [6.45, 7) is 0. The Morgan fingerprint density at radius 2 is 1.85 bits per heavy atom. The number of methoxy groups -OCH3 is 2. The van der Waals surface area contributed by atoms with Crippen molar-refractivity contribution in [2.24, 2.45) is 5.92 Å². The minimum absolute atomic E-state index is 0.142. The Morgan fingerprint density at radius 3 is 2.40 bits per heavy atom. The van der Waals surface area contributed by atoms with Crippen LogP contribution in [0.25, 0.3) is 0 Å². The summed E-state index contributed by atoms with van der Waals surface area (Å²) in [7, 11) is 2.99. The number of hydrogen-bond acceptors (Lipinski definition) is 3. The summed E-state index contributed by atoms with van der Waals surface area (Å²) in [5, 5.41) is 0. The molecule has 0 aliphatic heterocycles. The summed E-state index contributed by atoms with van der Waals surface area (Å²) in [5.41, 5.74) is 0.405. The van der Waals surface area contributed by atoms with Crippen LogP contribution in [0.15, 0.2) is 18.2 Å². The van der Waals surface area contributed by atoms with Crippen molar-refractivity contribution in [1.29, 1.82) is 0 Å². The first-order valence-corrected chi connectivity index (χ1v) is 6.61. The first-order valence-electron chi connectivity index (χ1n) is 6.61. The summed E-state index contributed by atoms with van der Waals surface area (Å²) in [4.78, 5) is 12.5. The van der Waals surface area contributed by atoms with Crippen LogP contribution in [0, 0.1) is 5.92 Å². The Balaban J connectivity index is 2.20. The van der Waals surface area contributed by atoms with Gasteiger partial charge < -0.3 is 9.47 Å². The van der Waals surface area contributed by atoms with Crippen LogP contribution in [0.1, 0.15) is 36.0 Å². The molecule has 1 fully saturated rings. The lowest BCUT2D eigenvalue weighted by atomic mass is 9.82. The van der Waals surface area contributed by atoms with Gasteiger partial charge in [0.2, 0.25) is 5.92 Å². The van der Waals surface area contributed by atoms with E-state index in [2.05, 4.69) is 0 Å². The molecular formula is C15H18F2O3. The third-order valence-electron chi connectivity index (χ3n) is 3.76. The molecule has 0 radical (unpaired) electrons. The predicted octanol–water partition coefficient (Wildman–Crippen LogP) is 3.71. The highest BCUT2D eigenvalue weighted by Gasteiger charge is 2.38. The lowest BCUT2D eigenvalue weighted by Crippen LogP contribution is -2.28. The van der Waals surface area contributed by atoms with Crippen molar-refractivity contribution < 1.29 is 23.0 Å². The zero-order valence-corrected chi connectivity index (χ0v) is 11.6. The van der Waals surface area contributed by atoms with Gasteiger partial charge in [0.15, 0.2) is 5.78 Å². The molecule has 1 saturated carbocycles. The molecule has 0 heterocycles. The van der Waals surface area contributed by atoms with E-state index in [4.69, 9.17) is 9.47 Å². The minimum atomic E-state index is -2.63. The Labute approximate surface area is 116 Å². The van der Waals surface area contributed by atoms with E-state index in [0.717, 1.165) is 0 Å². The molecule has 1 aromatic rings. The molecule has 1 aromatic carbocycles. The number of halogens is 2. The Bertz CT molecular complexity index is 490. The molecule has 0 aromatic heterocycles. The molecule has 0 atom stereocenters. The Hall–Kier alpha value is -1.65. The number of benzene rings is 1. The fraction of sp³-hybridized carbons (Fsp3) is 0.533. The van der Waals surface area contributed by atoms with Crippen molar-refractivity contribution in [3.05, 3.63) is 23.8 Å². The zero-order valence-electron chi connectivity index (χ0n) is 11.6. The van der Waals surface area contributed by atoms with Crippen LogP contribution in [0.3, 0.4) is 0 Å². The molecule has 0 N–H and O–H groups in total. The van der Waals surface area contributed by atoms with Gasteiger partial charge in [-0.3, -0.25) is 4.79 Å². The van der Waals surface area contributed by atoms with Crippen LogP contribution in [-0.2, 0) is 0 Å². The van der Waals surface area contributed by atoms with E-state index < -0.39 is 5.92 Å². The Morgan fingerprint density at radius 1 is 1.20 bits per heavy atom. The summed E-state index contributed by atoms with van der Waals surface area (Å²) < 4.78 is 36.6. The van der Waals surface area contributed by atoms with Gasteiger partial charge in [-0.05, 0) is 31.0 Å². The summed E-state index contributed by atoms with van der Waals surface area (Å²) in [5.74, 6) is -2.13. The second-order valence-electron chi connectivity index (χ2n) is 5.06. The third kappa shape index (κ3) is 3.08. The summed E-state index contributed by atoms with van der Waals surface area (Å²) in [6, 6.07) is 4.96. The molecule has 5 heteroatoms. The van der Waals surface area contributed by atoms with Crippen LogP contribution in [0.2, 0.25) is 0 Å². The van der Waals surface area contributed by atoms with Gasteiger partial charge in [-0.2, -0.15) is 0 Å². The van der Waals surface area contributed by atoms with Gasteiger partial charge in [0.25, 0.3) is 0 Å². The highest BCUT2D eigenvalue weighted by atomic mass is 19.3. The highest BCUT2D eigenvalue weighted by molar-refractivity contribution is 6.00. The van der Waals surface area contributed by atoms with Crippen molar-refractivity contribution in [3.63, 3.8) is 0 Å². The van der Waals surface area contributed by atoms with Gasteiger partial charge in [-0.1, -0.05) is 0 Å². The Kier molecular flexibility index (Phi) is 4.26. The molecule has 20 heavy (non-hydrogen) atoms.